The molecule has 1 aromatic rings. The van der Waals surface area contributed by atoms with Crippen LogP contribution >= 0.6 is 27.5 Å². The smallest absolute Gasteiger partial charge is 0.255 e. The molecule has 84 valence electrons. The van der Waals surface area contributed by atoms with Gasteiger partial charge in [0.15, 0.2) is 0 Å². The van der Waals surface area contributed by atoms with Crippen LogP contribution in [0.1, 0.15) is 6.92 Å². The predicted octanol–water partition coefficient (Wildman–Crippen LogP) is 1.76. The third-order valence-corrected chi connectivity index (χ3v) is 3.70. The first-order valence-electron chi connectivity index (χ1n) is 4.03. The van der Waals surface area contributed by atoms with E-state index in [1.807, 2.05) is 0 Å². The van der Waals surface area contributed by atoms with E-state index >= 15 is 0 Å². The van der Waals surface area contributed by atoms with Gasteiger partial charge < -0.3 is 0 Å². The summed E-state index contributed by atoms with van der Waals surface area (Å²) in [5.41, 5.74) is 0. The van der Waals surface area contributed by atoms with Crippen LogP contribution in [0.3, 0.4) is 0 Å². The Bertz CT molecular complexity index is 452. The third kappa shape index (κ3) is 3.94. The Hall–Kier alpha value is -0.370. The number of rotatable bonds is 4. The zero-order chi connectivity index (χ0) is 11.5. The van der Waals surface area contributed by atoms with E-state index in [0.29, 0.717) is 16.0 Å². The lowest BCUT2D eigenvalue weighted by molar-refractivity contribution is 0.589. The molecule has 5 nitrogen and oxygen atoms in total. The molecule has 0 aliphatic heterocycles. The van der Waals surface area contributed by atoms with Crippen molar-refractivity contribution in [1.29, 1.82) is 0 Å². The fourth-order valence-electron chi connectivity index (χ4n) is 0.834. The number of hydrogen-bond donors (Lipinski definition) is 2. The molecule has 0 atom stereocenters. The van der Waals surface area contributed by atoms with Gasteiger partial charge in [-0.2, -0.15) is 13.1 Å². The Morgan fingerprint density at radius 1 is 1.60 bits per heavy atom. The van der Waals surface area contributed by atoms with E-state index in [9.17, 15) is 8.42 Å². The van der Waals surface area contributed by atoms with Crippen molar-refractivity contribution in [3.05, 3.63) is 21.8 Å². The molecule has 8 heteroatoms. The highest BCUT2D eigenvalue weighted by molar-refractivity contribution is 9.10. The van der Waals surface area contributed by atoms with Gasteiger partial charge >= 0.3 is 0 Å². The summed E-state index contributed by atoms with van der Waals surface area (Å²) in [6.07, 6.45) is 1.42. The van der Waals surface area contributed by atoms with Crippen molar-refractivity contribution in [2.24, 2.45) is 0 Å². The van der Waals surface area contributed by atoms with Gasteiger partial charge in [-0.15, -0.1) is 0 Å². The van der Waals surface area contributed by atoms with E-state index in [1.54, 1.807) is 6.92 Å². The lowest BCUT2D eigenvalue weighted by Gasteiger charge is -2.07. The van der Waals surface area contributed by atoms with E-state index in [-0.39, 0.29) is 5.82 Å². The number of nitrogens with one attached hydrogen (secondary N) is 2. The average Bonchev–Trinajstić information content (AvgIpc) is 2.10. The molecule has 1 heterocycles. The number of halogens is 2. The summed E-state index contributed by atoms with van der Waals surface area (Å²) in [7, 11) is -3.55. The molecule has 0 aliphatic carbocycles. The maximum absolute atomic E-state index is 11.3. The normalized spacial score (nSPS) is 11.4. The van der Waals surface area contributed by atoms with Crippen LogP contribution in [0.4, 0.5) is 5.82 Å². The van der Waals surface area contributed by atoms with Gasteiger partial charge in [-0.3, -0.25) is 4.72 Å². The number of hydrogen-bond acceptors (Lipinski definition) is 3. The maximum atomic E-state index is 11.3. The van der Waals surface area contributed by atoms with Gasteiger partial charge in [-0.05, 0) is 15.9 Å². The Kier molecular flexibility index (Phi) is 4.32. The zero-order valence-electron chi connectivity index (χ0n) is 7.79. The molecule has 15 heavy (non-hydrogen) atoms. The number of aromatic nitrogens is 1. The monoisotopic (exact) mass is 313 g/mol. The zero-order valence-corrected chi connectivity index (χ0v) is 10.9. The fraction of sp³-hybridized carbons (Fsp3) is 0.286. The molecule has 0 amide bonds. The summed E-state index contributed by atoms with van der Waals surface area (Å²) >= 11 is 8.93. The molecule has 0 aromatic carbocycles. The largest absolute Gasteiger partial charge is 0.300 e. The van der Waals surface area contributed by atoms with Crippen LogP contribution < -0.4 is 9.44 Å². The number of nitrogens with zero attached hydrogens (tertiary/aromatic N) is 1. The second-order valence-corrected chi connectivity index (χ2v) is 5.35. The van der Waals surface area contributed by atoms with Crippen molar-refractivity contribution in [2.45, 2.75) is 6.92 Å². The Labute approximate surface area is 102 Å². The highest BCUT2D eigenvalue weighted by atomic mass is 79.9. The van der Waals surface area contributed by atoms with Gasteiger partial charge in [-0.1, -0.05) is 18.5 Å². The fourth-order valence-corrected chi connectivity index (χ4v) is 2.04. The summed E-state index contributed by atoms with van der Waals surface area (Å²) in [4.78, 5) is 3.84. The summed E-state index contributed by atoms with van der Waals surface area (Å²) in [5.74, 6) is 0.171. The molecule has 0 fully saturated rings. The first-order chi connectivity index (χ1) is 6.94. The molecular formula is C7H9BrClN3O2S. The minimum Gasteiger partial charge on any atom is -0.255 e. The van der Waals surface area contributed by atoms with E-state index in [2.05, 4.69) is 30.4 Å². The lowest BCUT2D eigenvalue weighted by atomic mass is 10.5. The van der Waals surface area contributed by atoms with Crippen LogP contribution in [-0.4, -0.2) is 19.9 Å². The van der Waals surface area contributed by atoms with Crippen LogP contribution in [0, 0.1) is 0 Å². The van der Waals surface area contributed by atoms with Gasteiger partial charge in [0.1, 0.15) is 5.82 Å². The average molecular weight is 315 g/mol. The van der Waals surface area contributed by atoms with Crippen LogP contribution in [0.15, 0.2) is 16.7 Å². The predicted molar refractivity (Wildman–Crippen MR) is 63.2 cm³/mol. The van der Waals surface area contributed by atoms with E-state index in [0.717, 1.165) is 0 Å². The van der Waals surface area contributed by atoms with Crippen LogP contribution in [0.25, 0.3) is 0 Å². The SMILES string of the molecule is CCNS(=O)(=O)Nc1cc(Cl)c(Br)cn1. The van der Waals surface area contributed by atoms with E-state index in [4.69, 9.17) is 11.6 Å². The van der Waals surface area contributed by atoms with Gasteiger partial charge in [0.25, 0.3) is 10.2 Å². The first kappa shape index (κ1) is 12.7. The second-order valence-electron chi connectivity index (χ2n) is 2.59. The molecule has 0 unspecified atom stereocenters. The third-order valence-electron chi connectivity index (χ3n) is 1.38. The van der Waals surface area contributed by atoms with Gasteiger partial charge in [0, 0.05) is 18.8 Å². The standard InChI is InChI=1S/C7H9BrClN3O2S/c1-2-11-15(13,14)12-7-3-6(9)5(8)4-10-7/h3-4,11H,2H2,1H3,(H,10,12). The summed E-state index contributed by atoms with van der Waals surface area (Å²) in [6, 6.07) is 1.42. The van der Waals surface area contributed by atoms with Crippen molar-refractivity contribution >= 4 is 43.6 Å². The van der Waals surface area contributed by atoms with Gasteiger partial charge in [0.2, 0.25) is 0 Å². The Morgan fingerprint density at radius 2 is 2.27 bits per heavy atom. The molecule has 0 bridgehead atoms. The first-order valence-corrected chi connectivity index (χ1v) is 6.68. The molecule has 1 rings (SSSR count). The van der Waals surface area contributed by atoms with Crippen LogP contribution in [0.2, 0.25) is 5.02 Å². The highest BCUT2D eigenvalue weighted by Gasteiger charge is 2.09. The number of anilines is 1. The van der Waals surface area contributed by atoms with Crippen molar-refractivity contribution in [3.63, 3.8) is 0 Å². The quantitative estimate of drug-likeness (QED) is 0.889. The highest BCUT2D eigenvalue weighted by Crippen LogP contribution is 2.23. The maximum Gasteiger partial charge on any atom is 0.300 e. The minimum absolute atomic E-state index is 0.171. The van der Waals surface area contributed by atoms with Gasteiger partial charge in [-0.25, -0.2) is 4.98 Å². The minimum atomic E-state index is -3.55. The Morgan fingerprint density at radius 3 is 2.80 bits per heavy atom. The molecule has 2 N–H and O–H groups in total. The summed E-state index contributed by atoms with van der Waals surface area (Å²) in [5, 5.41) is 0.388. The van der Waals surface area contributed by atoms with Crippen LogP contribution in [0.5, 0.6) is 0 Å². The van der Waals surface area contributed by atoms with Crippen LogP contribution in [-0.2, 0) is 10.2 Å². The van der Waals surface area contributed by atoms with Gasteiger partial charge in [0.05, 0.1) is 9.50 Å². The lowest BCUT2D eigenvalue weighted by Crippen LogP contribution is -2.30. The van der Waals surface area contributed by atoms with E-state index < -0.39 is 10.2 Å². The number of pyridine rings is 1. The molecular weight excluding hydrogens is 306 g/mol. The van der Waals surface area contributed by atoms with Crippen molar-refractivity contribution < 1.29 is 8.42 Å². The molecule has 0 spiro atoms. The van der Waals surface area contributed by atoms with Crippen molar-refractivity contribution in [1.82, 2.24) is 9.71 Å². The topological polar surface area (TPSA) is 71.1 Å². The summed E-state index contributed by atoms with van der Waals surface area (Å²) < 4.78 is 27.7. The van der Waals surface area contributed by atoms with E-state index in [1.165, 1.54) is 12.3 Å². The molecule has 0 saturated carbocycles. The second kappa shape index (κ2) is 5.11. The van der Waals surface area contributed by atoms with Crippen molar-refractivity contribution in [2.75, 3.05) is 11.3 Å². The summed E-state index contributed by atoms with van der Waals surface area (Å²) in [6.45, 7) is 1.99. The molecule has 0 aliphatic rings. The molecule has 1 aromatic heterocycles. The Balaban J connectivity index is 2.86. The molecule has 0 radical (unpaired) electrons. The van der Waals surface area contributed by atoms with Crippen molar-refractivity contribution in [3.8, 4) is 0 Å². The molecule has 0 saturated heterocycles.